The standard InChI is InChI=1S/C21H24FN3O2/c1-16(26)25(15-12-21(27)23-18-6-4-17(22)5-7-18)20-10-8-19(9-11-20)24-13-2-3-14-24/h4-11H,2-3,12-15H2,1H3,(H,23,27). The predicted octanol–water partition coefficient (Wildman–Crippen LogP) is 3.81. The second-order valence-electron chi connectivity index (χ2n) is 6.69. The average molecular weight is 369 g/mol. The highest BCUT2D eigenvalue weighted by atomic mass is 19.1. The van der Waals surface area contributed by atoms with E-state index in [0.29, 0.717) is 5.69 Å². The molecule has 3 rings (SSSR count). The molecule has 1 heterocycles. The molecule has 0 atom stereocenters. The van der Waals surface area contributed by atoms with Gasteiger partial charge < -0.3 is 15.1 Å². The Morgan fingerprint density at radius 3 is 2.26 bits per heavy atom. The number of nitrogens with one attached hydrogen (secondary N) is 1. The first-order chi connectivity index (χ1) is 13.0. The summed E-state index contributed by atoms with van der Waals surface area (Å²) in [7, 11) is 0. The molecule has 0 radical (unpaired) electrons. The van der Waals surface area contributed by atoms with Crippen molar-refractivity contribution in [2.24, 2.45) is 0 Å². The van der Waals surface area contributed by atoms with Crippen molar-refractivity contribution in [3.05, 3.63) is 54.3 Å². The summed E-state index contributed by atoms with van der Waals surface area (Å²) in [4.78, 5) is 28.1. The molecule has 1 N–H and O–H groups in total. The third kappa shape index (κ3) is 5.06. The van der Waals surface area contributed by atoms with Gasteiger partial charge in [-0.05, 0) is 61.4 Å². The third-order valence-electron chi connectivity index (χ3n) is 4.70. The second kappa shape index (κ2) is 8.66. The normalized spacial score (nSPS) is 13.5. The number of hydrogen-bond acceptors (Lipinski definition) is 3. The van der Waals surface area contributed by atoms with Crippen LogP contribution in [0, 0.1) is 5.82 Å². The second-order valence-corrected chi connectivity index (χ2v) is 6.69. The molecule has 1 saturated heterocycles. The van der Waals surface area contributed by atoms with Gasteiger partial charge in [-0.1, -0.05) is 0 Å². The molecule has 0 unspecified atom stereocenters. The van der Waals surface area contributed by atoms with Gasteiger partial charge in [-0.3, -0.25) is 9.59 Å². The number of benzene rings is 2. The van der Waals surface area contributed by atoms with Crippen LogP contribution in [-0.4, -0.2) is 31.4 Å². The van der Waals surface area contributed by atoms with E-state index in [0.717, 1.165) is 24.5 Å². The molecule has 1 fully saturated rings. The molecular weight excluding hydrogens is 345 g/mol. The van der Waals surface area contributed by atoms with E-state index in [9.17, 15) is 14.0 Å². The first-order valence-electron chi connectivity index (χ1n) is 9.21. The maximum atomic E-state index is 12.9. The van der Waals surface area contributed by atoms with Crippen molar-refractivity contribution in [3.8, 4) is 0 Å². The van der Waals surface area contributed by atoms with Crippen LogP contribution in [0.5, 0.6) is 0 Å². The fourth-order valence-electron chi connectivity index (χ4n) is 3.26. The van der Waals surface area contributed by atoms with Crippen molar-refractivity contribution in [3.63, 3.8) is 0 Å². The summed E-state index contributed by atoms with van der Waals surface area (Å²) in [6.07, 6.45) is 2.58. The molecule has 0 spiro atoms. The van der Waals surface area contributed by atoms with Gasteiger partial charge in [0.2, 0.25) is 11.8 Å². The number of anilines is 3. The minimum Gasteiger partial charge on any atom is -0.372 e. The summed E-state index contributed by atoms with van der Waals surface area (Å²) < 4.78 is 12.9. The van der Waals surface area contributed by atoms with Crippen molar-refractivity contribution >= 4 is 28.9 Å². The Morgan fingerprint density at radius 2 is 1.67 bits per heavy atom. The highest BCUT2D eigenvalue weighted by Gasteiger charge is 2.16. The molecule has 1 aliphatic rings. The maximum Gasteiger partial charge on any atom is 0.226 e. The Hall–Kier alpha value is -2.89. The van der Waals surface area contributed by atoms with E-state index in [2.05, 4.69) is 10.2 Å². The first-order valence-corrected chi connectivity index (χ1v) is 9.21. The lowest BCUT2D eigenvalue weighted by molar-refractivity contribution is -0.117. The predicted molar refractivity (Wildman–Crippen MR) is 106 cm³/mol. The van der Waals surface area contributed by atoms with E-state index >= 15 is 0 Å². The smallest absolute Gasteiger partial charge is 0.226 e. The van der Waals surface area contributed by atoms with Gasteiger partial charge in [0.1, 0.15) is 5.82 Å². The van der Waals surface area contributed by atoms with E-state index in [4.69, 9.17) is 0 Å². The Morgan fingerprint density at radius 1 is 1.04 bits per heavy atom. The number of rotatable bonds is 6. The van der Waals surface area contributed by atoms with Gasteiger partial charge in [-0.15, -0.1) is 0 Å². The topological polar surface area (TPSA) is 52.7 Å². The Bertz CT molecular complexity index is 784. The highest BCUT2D eigenvalue weighted by molar-refractivity contribution is 5.94. The monoisotopic (exact) mass is 369 g/mol. The molecule has 2 aromatic rings. The van der Waals surface area contributed by atoms with E-state index in [1.54, 1.807) is 4.90 Å². The van der Waals surface area contributed by atoms with Gasteiger partial charge in [0.25, 0.3) is 0 Å². The summed E-state index contributed by atoms with van der Waals surface area (Å²) >= 11 is 0. The molecule has 0 bridgehead atoms. The fourth-order valence-corrected chi connectivity index (χ4v) is 3.26. The van der Waals surface area contributed by atoms with Crippen molar-refractivity contribution in [1.29, 1.82) is 0 Å². The van der Waals surface area contributed by atoms with Crippen LogP contribution in [0.25, 0.3) is 0 Å². The first kappa shape index (κ1) is 18.9. The van der Waals surface area contributed by atoms with Crippen molar-refractivity contribution in [2.45, 2.75) is 26.2 Å². The van der Waals surface area contributed by atoms with Crippen LogP contribution in [0.2, 0.25) is 0 Å². The molecule has 142 valence electrons. The number of halogens is 1. The van der Waals surface area contributed by atoms with E-state index in [-0.39, 0.29) is 30.6 Å². The molecule has 0 aliphatic carbocycles. The number of hydrogen-bond donors (Lipinski definition) is 1. The SMILES string of the molecule is CC(=O)N(CCC(=O)Nc1ccc(F)cc1)c1ccc(N2CCCC2)cc1. The van der Waals surface area contributed by atoms with Crippen molar-refractivity contribution in [2.75, 3.05) is 34.8 Å². The van der Waals surface area contributed by atoms with E-state index < -0.39 is 0 Å². The lowest BCUT2D eigenvalue weighted by Crippen LogP contribution is -2.32. The van der Waals surface area contributed by atoms with Gasteiger partial charge in [0.15, 0.2) is 0 Å². The van der Waals surface area contributed by atoms with Crippen LogP contribution < -0.4 is 15.1 Å². The lowest BCUT2D eigenvalue weighted by Gasteiger charge is -2.23. The van der Waals surface area contributed by atoms with E-state index in [1.807, 2.05) is 24.3 Å². The summed E-state index contributed by atoms with van der Waals surface area (Å²) in [6, 6.07) is 13.5. The van der Waals surface area contributed by atoms with Crippen LogP contribution in [0.1, 0.15) is 26.2 Å². The minimum absolute atomic E-state index is 0.112. The van der Waals surface area contributed by atoms with Crippen LogP contribution >= 0.6 is 0 Å². The molecule has 6 heteroatoms. The summed E-state index contributed by atoms with van der Waals surface area (Å²) in [5, 5.41) is 2.71. The Labute approximate surface area is 158 Å². The summed E-state index contributed by atoms with van der Waals surface area (Å²) in [6.45, 7) is 3.91. The molecule has 0 aromatic heterocycles. The maximum absolute atomic E-state index is 12.9. The quantitative estimate of drug-likeness (QED) is 0.842. The Kier molecular flexibility index (Phi) is 6.06. The molecule has 2 amide bonds. The molecular formula is C21H24FN3O2. The van der Waals surface area contributed by atoms with Gasteiger partial charge in [0.05, 0.1) is 0 Å². The largest absolute Gasteiger partial charge is 0.372 e. The minimum atomic E-state index is -0.354. The lowest BCUT2D eigenvalue weighted by atomic mass is 10.2. The molecule has 0 saturated carbocycles. The molecule has 2 aromatic carbocycles. The van der Waals surface area contributed by atoms with Crippen LogP contribution in [-0.2, 0) is 9.59 Å². The van der Waals surface area contributed by atoms with Gasteiger partial charge in [-0.2, -0.15) is 0 Å². The Balaban J connectivity index is 1.59. The van der Waals surface area contributed by atoms with Crippen LogP contribution in [0.3, 0.4) is 0 Å². The van der Waals surface area contributed by atoms with Gasteiger partial charge in [0, 0.05) is 50.0 Å². The molecule has 5 nitrogen and oxygen atoms in total. The van der Waals surface area contributed by atoms with Crippen molar-refractivity contribution < 1.29 is 14.0 Å². The number of amides is 2. The van der Waals surface area contributed by atoms with Crippen molar-refractivity contribution in [1.82, 2.24) is 0 Å². The molecule has 27 heavy (non-hydrogen) atoms. The third-order valence-corrected chi connectivity index (χ3v) is 4.70. The van der Waals surface area contributed by atoms with Crippen LogP contribution in [0.4, 0.5) is 21.5 Å². The molecule has 1 aliphatic heterocycles. The number of carbonyl (C=O) groups excluding carboxylic acids is 2. The van der Waals surface area contributed by atoms with Crippen LogP contribution in [0.15, 0.2) is 48.5 Å². The summed E-state index contributed by atoms with van der Waals surface area (Å²) in [5.74, 6) is -0.687. The average Bonchev–Trinajstić information content (AvgIpc) is 3.19. The number of nitrogens with zero attached hydrogens (tertiary/aromatic N) is 2. The zero-order valence-corrected chi connectivity index (χ0v) is 15.5. The van der Waals surface area contributed by atoms with Gasteiger partial charge >= 0.3 is 0 Å². The highest BCUT2D eigenvalue weighted by Crippen LogP contribution is 2.24. The zero-order valence-electron chi connectivity index (χ0n) is 15.5. The zero-order chi connectivity index (χ0) is 19.2. The van der Waals surface area contributed by atoms with Gasteiger partial charge in [-0.25, -0.2) is 4.39 Å². The number of carbonyl (C=O) groups is 2. The van der Waals surface area contributed by atoms with E-state index in [1.165, 1.54) is 44.0 Å². The summed E-state index contributed by atoms with van der Waals surface area (Å²) in [5.41, 5.74) is 2.47. The fraction of sp³-hybridized carbons (Fsp3) is 0.333.